The summed E-state index contributed by atoms with van der Waals surface area (Å²) in [5.41, 5.74) is 2.59. The average molecular weight is 169 g/mol. The Morgan fingerprint density at radius 3 is 2.85 bits per heavy atom. The van der Waals surface area contributed by atoms with Gasteiger partial charge in [0, 0.05) is 11.8 Å². The van der Waals surface area contributed by atoms with Crippen molar-refractivity contribution in [1.29, 1.82) is 0 Å². The first-order chi connectivity index (χ1) is 6.25. The van der Waals surface area contributed by atoms with Crippen LogP contribution in [0.1, 0.15) is 5.56 Å². The topological polar surface area (TPSA) is 30.7 Å². The van der Waals surface area contributed by atoms with E-state index < -0.39 is 0 Å². The maximum absolute atomic E-state index is 5.46. The molecule has 0 N–H and O–H groups in total. The second kappa shape index (κ2) is 3.05. The van der Waals surface area contributed by atoms with Gasteiger partial charge in [-0.1, -0.05) is 17.3 Å². The Kier molecular flexibility index (Phi) is 1.89. The molecule has 1 aromatic heterocycles. The third-order valence-corrected chi connectivity index (χ3v) is 1.78. The lowest BCUT2D eigenvalue weighted by molar-refractivity contribution is 0.804. The van der Waals surface area contributed by atoms with Gasteiger partial charge < -0.3 is 0 Å². The maximum atomic E-state index is 5.46. The van der Waals surface area contributed by atoms with Crippen LogP contribution in [0.3, 0.4) is 0 Å². The van der Waals surface area contributed by atoms with Gasteiger partial charge in [-0.25, -0.2) is 4.68 Å². The highest BCUT2D eigenvalue weighted by molar-refractivity contribution is 6.30. The molecule has 62 valence electrons. The molecule has 3 nitrogen and oxygen atoms in total. The van der Waals surface area contributed by atoms with E-state index in [1.807, 2.05) is 31.2 Å². The zero-order chi connectivity index (χ0) is 9.26. The summed E-state index contributed by atoms with van der Waals surface area (Å²) in [7, 11) is 5.46. The zero-order valence-electron chi connectivity index (χ0n) is 7.31. The van der Waals surface area contributed by atoms with Gasteiger partial charge in [-0.05, 0) is 24.6 Å². The summed E-state index contributed by atoms with van der Waals surface area (Å²) in [5, 5.41) is 7.58. The van der Waals surface area contributed by atoms with Crippen molar-refractivity contribution in [3.05, 3.63) is 36.0 Å². The molecular weight excluding hydrogens is 161 g/mol. The van der Waals surface area contributed by atoms with Crippen LogP contribution in [0.15, 0.2) is 30.5 Å². The van der Waals surface area contributed by atoms with Gasteiger partial charge in [0.1, 0.15) is 7.85 Å². The van der Waals surface area contributed by atoms with E-state index >= 15 is 0 Å². The van der Waals surface area contributed by atoms with Crippen LogP contribution in [0.25, 0.3) is 5.69 Å². The normalized spacial score (nSPS) is 10.2. The fraction of sp³-hybridized carbons (Fsp3) is 0.111. The highest BCUT2D eigenvalue weighted by Crippen LogP contribution is 2.06. The SMILES string of the molecule is [B]c1cn(-c2cccc(C)c2)nn1. The molecule has 0 fully saturated rings. The first-order valence-corrected chi connectivity index (χ1v) is 4.00. The fourth-order valence-corrected chi connectivity index (χ4v) is 1.17. The van der Waals surface area contributed by atoms with Crippen molar-refractivity contribution in [3.8, 4) is 5.69 Å². The predicted molar refractivity (Wildman–Crippen MR) is 51.5 cm³/mol. The monoisotopic (exact) mass is 169 g/mol. The van der Waals surface area contributed by atoms with Gasteiger partial charge in [0.05, 0.1) is 5.69 Å². The second-order valence-electron chi connectivity index (χ2n) is 2.93. The standard InChI is InChI=1S/C9H8BN3/c1-7-3-2-4-8(5-7)13-6-9(10)11-12-13/h2-6H,1H3. The summed E-state index contributed by atoms with van der Waals surface area (Å²) in [5.74, 6) is 0. The predicted octanol–water partition coefficient (Wildman–Crippen LogP) is 0.370. The van der Waals surface area contributed by atoms with E-state index in [0.717, 1.165) is 5.69 Å². The molecule has 0 amide bonds. The Labute approximate surface area is 77.8 Å². The second-order valence-corrected chi connectivity index (χ2v) is 2.93. The van der Waals surface area contributed by atoms with E-state index in [-0.39, 0.29) is 0 Å². The third-order valence-electron chi connectivity index (χ3n) is 1.78. The van der Waals surface area contributed by atoms with Gasteiger partial charge in [-0.3, -0.25) is 0 Å². The summed E-state index contributed by atoms with van der Waals surface area (Å²) >= 11 is 0. The average Bonchev–Trinajstić information content (AvgIpc) is 2.52. The van der Waals surface area contributed by atoms with Crippen LogP contribution >= 0.6 is 0 Å². The number of rotatable bonds is 1. The molecule has 0 aliphatic heterocycles. The van der Waals surface area contributed by atoms with Crippen LogP contribution in [0, 0.1) is 6.92 Å². The van der Waals surface area contributed by atoms with Crippen molar-refractivity contribution in [2.75, 3.05) is 0 Å². The van der Waals surface area contributed by atoms with Crippen molar-refractivity contribution in [3.63, 3.8) is 0 Å². The molecule has 0 aliphatic rings. The minimum Gasteiger partial charge on any atom is -0.221 e. The summed E-state index contributed by atoms with van der Waals surface area (Å²) in [6.07, 6.45) is 1.69. The van der Waals surface area contributed by atoms with Crippen LogP contribution in [-0.4, -0.2) is 22.8 Å². The van der Waals surface area contributed by atoms with Crippen LogP contribution < -0.4 is 5.59 Å². The van der Waals surface area contributed by atoms with Gasteiger partial charge in [0.2, 0.25) is 0 Å². The quantitative estimate of drug-likeness (QED) is 0.577. The molecule has 1 aromatic carbocycles. The van der Waals surface area contributed by atoms with E-state index in [0.29, 0.717) is 5.59 Å². The first kappa shape index (κ1) is 8.04. The Bertz CT molecular complexity index is 422. The first-order valence-electron chi connectivity index (χ1n) is 4.00. The zero-order valence-corrected chi connectivity index (χ0v) is 7.31. The highest BCUT2D eigenvalue weighted by Gasteiger charge is 1.97. The molecule has 13 heavy (non-hydrogen) atoms. The number of hydrogen-bond donors (Lipinski definition) is 0. The lowest BCUT2D eigenvalue weighted by Gasteiger charge is -1.99. The van der Waals surface area contributed by atoms with Crippen molar-refractivity contribution in [2.24, 2.45) is 0 Å². The van der Waals surface area contributed by atoms with Crippen LogP contribution in [0.4, 0.5) is 0 Å². The number of benzene rings is 1. The van der Waals surface area contributed by atoms with E-state index in [4.69, 9.17) is 7.85 Å². The van der Waals surface area contributed by atoms with E-state index in [9.17, 15) is 0 Å². The molecule has 0 aliphatic carbocycles. The third kappa shape index (κ3) is 1.61. The molecular formula is C9H8BN3. The Balaban J connectivity index is 2.46. The smallest absolute Gasteiger partial charge is 0.146 e. The van der Waals surface area contributed by atoms with Gasteiger partial charge >= 0.3 is 0 Å². The van der Waals surface area contributed by atoms with Gasteiger partial charge in [0.25, 0.3) is 0 Å². The largest absolute Gasteiger partial charge is 0.221 e. The molecule has 0 bridgehead atoms. The van der Waals surface area contributed by atoms with Crippen LogP contribution in [0.5, 0.6) is 0 Å². The summed E-state index contributed by atoms with van der Waals surface area (Å²) in [6.45, 7) is 2.03. The molecule has 0 unspecified atom stereocenters. The molecule has 0 atom stereocenters. The summed E-state index contributed by atoms with van der Waals surface area (Å²) in [4.78, 5) is 0. The highest BCUT2D eigenvalue weighted by atomic mass is 15.4. The van der Waals surface area contributed by atoms with Crippen molar-refractivity contribution >= 4 is 13.4 Å². The molecule has 2 aromatic rings. The minimum absolute atomic E-state index is 0.432. The van der Waals surface area contributed by atoms with Crippen molar-refractivity contribution < 1.29 is 0 Å². The number of aryl methyl sites for hydroxylation is 1. The molecule has 4 heteroatoms. The molecule has 1 heterocycles. The number of nitrogens with zero attached hydrogens (tertiary/aromatic N) is 3. The molecule has 0 saturated carbocycles. The van der Waals surface area contributed by atoms with Crippen molar-refractivity contribution in [2.45, 2.75) is 6.92 Å². The van der Waals surface area contributed by atoms with E-state index in [1.165, 1.54) is 5.56 Å². The van der Waals surface area contributed by atoms with Crippen LogP contribution in [-0.2, 0) is 0 Å². The molecule has 0 spiro atoms. The van der Waals surface area contributed by atoms with Crippen molar-refractivity contribution in [1.82, 2.24) is 15.0 Å². The maximum Gasteiger partial charge on any atom is 0.146 e. The van der Waals surface area contributed by atoms with Gasteiger partial charge in [-0.2, -0.15) is 0 Å². The molecule has 2 rings (SSSR count). The Morgan fingerprint density at radius 1 is 1.38 bits per heavy atom. The Hall–Kier alpha value is -1.58. The van der Waals surface area contributed by atoms with E-state index in [1.54, 1.807) is 10.9 Å². The molecule has 0 saturated heterocycles. The van der Waals surface area contributed by atoms with Gasteiger partial charge in [-0.15, -0.1) is 5.10 Å². The lowest BCUT2D eigenvalue weighted by Crippen LogP contribution is -2.00. The van der Waals surface area contributed by atoms with E-state index in [2.05, 4.69) is 10.3 Å². The van der Waals surface area contributed by atoms with Gasteiger partial charge in [0.15, 0.2) is 0 Å². The number of hydrogen-bond acceptors (Lipinski definition) is 2. The Morgan fingerprint density at radius 2 is 2.23 bits per heavy atom. The van der Waals surface area contributed by atoms with Crippen LogP contribution in [0.2, 0.25) is 0 Å². The number of aromatic nitrogens is 3. The molecule has 2 radical (unpaired) electrons. The summed E-state index contributed by atoms with van der Waals surface area (Å²) in [6, 6.07) is 7.99. The summed E-state index contributed by atoms with van der Waals surface area (Å²) < 4.78 is 1.66. The minimum atomic E-state index is 0.432. The fourth-order valence-electron chi connectivity index (χ4n) is 1.17. The lowest BCUT2D eigenvalue weighted by atomic mass is 10.1.